The average Bonchev–Trinajstić information content (AvgIpc) is 2.92. The van der Waals surface area contributed by atoms with E-state index < -0.39 is 0 Å². The van der Waals surface area contributed by atoms with Crippen LogP contribution in [0.5, 0.6) is 0 Å². The fourth-order valence-electron chi connectivity index (χ4n) is 2.70. The summed E-state index contributed by atoms with van der Waals surface area (Å²) in [5.74, 6) is -0.332. The van der Waals surface area contributed by atoms with Crippen molar-refractivity contribution < 1.29 is 9.59 Å². The largest absolute Gasteiger partial charge is 0.322 e. The predicted octanol–water partition coefficient (Wildman–Crippen LogP) is 4.17. The number of fused-ring (bicyclic) bond motifs is 1. The van der Waals surface area contributed by atoms with Gasteiger partial charge in [-0.05, 0) is 37.1 Å². The number of aromatic nitrogens is 1. The Morgan fingerprint density at radius 1 is 1.00 bits per heavy atom. The molecule has 4 nitrogen and oxygen atoms in total. The maximum absolute atomic E-state index is 12.7. The highest BCUT2D eigenvalue weighted by Gasteiger charge is 2.17. The quantitative estimate of drug-likeness (QED) is 0.772. The lowest BCUT2D eigenvalue weighted by molar-refractivity contribution is 0.0941. The Kier molecular flexibility index (Phi) is 3.74. The number of anilines is 1. The predicted molar refractivity (Wildman–Crippen MR) is 92.1 cm³/mol. The summed E-state index contributed by atoms with van der Waals surface area (Å²) in [6.07, 6.45) is 1.60. The Bertz CT molecular complexity index is 922. The number of amides is 1. The molecule has 0 fully saturated rings. The highest BCUT2D eigenvalue weighted by Crippen LogP contribution is 2.24. The topological polar surface area (TPSA) is 51.1 Å². The van der Waals surface area contributed by atoms with Crippen LogP contribution in [0.25, 0.3) is 10.9 Å². The molecule has 0 unspecified atom stereocenters. The summed E-state index contributed by atoms with van der Waals surface area (Å²) in [6.45, 7) is 5.47. The third-order valence-corrected chi connectivity index (χ3v) is 4.15. The van der Waals surface area contributed by atoms with Gasteiger partial charge in [0.25, 0.3) is 5.91 Å². The van der Waals surface area contributed by atoms with E-state index in [1.165, 1.54) is 11.5 Å². The molecule has 3 rings (SSSR count). The summed E-state index contributed by atoms with van der Waals surface area (Å²) in [5, 5.41) is 3.72. The normalized spacial score (nSPS) is 10.7. The molecule has 0 aliphatic rings. The van der Waals surface area contributed by atoms with Gasteiger partial charge in [0.05, 0.1) is 11.1 Å². The van der Waals surface area contributed by atoms with E-state index in [2.05, 4.69) is 5.32 Å². The zero-order chi connectivity index (χ0) is 16.6. The van der Waals surface area contributed by atoms with Crippen LogP contribution in [0.3, 0.4) is 0 Å². The first-order valence-corrected chi connectivity index (χ1v) is 7.47. The van der Waals surface area contributed by atoms with Crippen LogP contribution in [0.2, 0.25) is 0 Å². The van der Waals surface area contributed by atoms with Crippen LogP contribution >= 0.6 is 0 Å². The van der Waals surface area contributed by atoms with Gasteiger partial charge in [0.2, 0.25) is 5.91 Å². The van der Waals surface area contributed by atoms with E-state index in [9.17, 15) is 9.59 Å². The maximum atomic E-state index is 12.7. The Balaban J connectivity index is 2.05. The number of nitrogens with one attached hydrogen (secondary N) is 1. The van der Waals surface area contributed by atoms with Crippen LogP contribution in [0.1, 0.15) is 33.2 Å². The number of aryl methyl sites for hydroxylation is 1. The van der Waals surface area contributed by atoms with E-state index >= 15 is 0 Å². The Morgan fingerprint density at radius 3 is 2.48 bits per heavy atom. The van der Waals surface area contributed by atoms with Crippen LogP contribution in [-0.2, 0) is 0 Å². The average molecular weight is 306 g/mol. The second kappa shape index (κ2) is 5.72. The number of benzene rings is 2. The molecule has 0 radical (unpaired) electrons. The lowest BCUT2D eigenvalue weighted by Gasteiger charge is -2.09. The maximum Gasteiger partial charge on any atom is 0.257 e. The third kappa shape index (κ3) is 2.63. The van der Waals surface area contributed by atoms with E-state index in [1.807, 2.05) is 56.3 Å². The number of para-hydroxylation sites is 1. The van der Waals surface area contributed by atoms with Crippen molar-refractivity contribution >= 4 is 28.4 Å². The SMILES string of the molecule is CC(=O)n1cc(C(=O)Nc2cccc(C)c2C)c2ccccc21. The van der Waals surface area contributed by atoms with Gasteiger partial charge in [-0.2, -0.15) is 0 Å². The molecule has 2 aromatic carbocycles. The van der Waals surface area contributed by atoms with Crippen molar-refractivity contribution in [1.29, 1.82) is 0 Å². The van der Waals surface area contributed by atoms with Crippen molar-refractivity contribution in [3.63, 3.8) is 0 Å². The summed E-state index contributed by atoms with van der Waals surface area (Å²) < 4.78 is 1.51. The minimum Gasteiger partial charge on any atom is -0.322 e. The smallest absolute Gasteiger partial charge is 0.257 e. The van der Waals surface area contributed by atoms with E-state index in [-0.39, 0.29) is 11.8 Å². The standard InChI is InChI=1S/C19H18N2O2/c1-12-7-6-9-17(13(12)2)20-19(23)16-11-21(14(3)22)18-10-5-4-8-15(16)18/h4-11H,1-3H3,(H,20,23). The second-order valence-corrected chi connectivity index (χ2v) is 5.65. The third-order valence-electron chi connectivity index (χ3n) is 4.15. The molecule has 0 bridgehead atoms. The molecule has 0 saturated carbocycles. The van der Waals surface area contributed by atoms with Crippen molar-refractivity contribution in [2.45, 2.75) is 20.8 Å². The van der Waals surface area contributed by atoms with Crippen molar-refractivity contribution in [3.05, 3.63) is 65.4 Å². The molecule has 0 spiro atoms. The number of rotatable bonds is 2. The van der Waals surface area contributed by atoms with Crippen molar-refractivity contribution in [2.75, 3.05) is 5.32 Å². The summed E-state index contributed by atoms with van der Waals surface area (Å²) in [6, 6.07) is 13.2. The summed E-state index contributed by atoms with van der Waals surface area (Å²) in [4.78, 5) is 24.5. The van der Waals surface area contributed by atoms with Gasteiger partial charge in [0, 0.05) is 24.2 Å². The van der Waals surface area contributed by atoms with Gasteiger partial charge in [-0.1, -0.05) is 30.3 Å². The van der Waals surface area contributed by atoms with E-state index in [0.717, 1.165) is 27.7 Å². The van der Waals surface area contributed by atoms with Gasteiger partial charge in [0.15, 0.2) is 0 Å². The lowest BCUT2D eigenvalue weighted by Crippen LogP contribution is -2.13. The monoisotopic (exact) mass is 306 g/mol. The summed E-state index contributed by atoms with van der Waals surface area (Å²) >= 11 is 0. The van der Waals surface area contributed by atoms with E-state index in [0.29, 0.717) is 5.56 Å². The van der Waals surface area contributed by atoms with Crippen LogP contribution in [0, 0.1) is 13.8 Å². The van der Waals surface area contributed by atoms with Crippen LogP contribution in [0.4, 0.5) is 5.69 Å². The van der Waals surface area contributed by atoms with Gasteiger partial charge >= 0.3 is 0 Å². The van der Waals surface area contributed by atoms with Crippen LogP contribution in [-0.4, -0.2) is 16.4 Å². The van der Waals surface area contributed by atoms with E-state index in [1.54, 1.807) is 6.20 Å². The zero-order valence-electron chi connectivity index (χ0n) is 13.4. The van der Waals surface area contributed by atoms with E-state index in [4.69, 9.17) is 0 Å². The molecule has 0 aliphatic carbocycles. The molecule has 23 heavy (non-hydrogen) atoms. The second-order valence-electron chi connectivity index (χ2n) is 5.65. The minimum absolute atomic E-state index is 0.119. The van der Waals surface area contributed by atoms with Gasteiger partial charge in [-0.15, -0.1) is 0 Å². The van der Waals surface area contributed by atoms with Crippen molar-refractivity contribution in [2.24, 2.45) is 0 Å². The Morgan fingerprint density at radius 2 is 1.74 bits per heavy atom. The Hall–Kier alpha value is -2.88. The highest BCUT2D eigenvalue weighted by atomic mass is 16.2. The molecular formula is C19H18N2O2. The molecule has 0 aliphatic heterocycles. The molecule has 0 saturated heterocycles. The van der Waals surface area contributed by atoms with Gasteiger partial charge in [-0.3, -0.25) is 14.2 Å². The molecule has 3 aromatic rings. The molecule has 1 amide bonds. The van der Waals surface area contributed by atoms with Crippen molar-refractivity contribution in [1.82, 2.24) is 4.57 Å². The molecule has 1 N–H and O–H groups in total. The molecular weight excluding hydrogens is 288 g/mol. The molecule has 116 valence electrons. The first-order valence-electron chi connectivity index (χ1n) is 7.47. The number of hydrogen-bond donors (Lipinski definition) is 1. The van der Waals surface area contributed by atoms with Crippen LogP contribution < -0.4 is 5.32 Å². The summed E-state index contributed by atoms with van der Waals surface area (Å²) in [5.41, 5.74) is 4.18. The van der Waals surface area contributed by atoms with Gasteiger partial charge in [0.1, 0.15) is 0 Å². The highest BCUT2D eigenvalue weighted by molar-refractivity contribution is 6.14. The number of carbonyl (C=O) groups is 2. The lowest BCUT2D eigenvalue weighted by atomic mass is 10.1. The Labute approximate surface area is 134 Å². The zero-order valence-corrected chi connectivity index (χ0v) is 13.4. The summed E-state index contributed by atoms with van der Waals surface area (Å²) in [7, 11) is 0. The minimum atomic E-state index is -0.213. The fraction of sp³-hybridized carbons (Fsp3) is 0.158. The first kappa shape index (κ1) is 15.0. The molecule has 4 heteroatoms. The number of carbonyl (C=O) groups excluding carboxylic acids is 2. The molecule has 1 aromatic heterocycles. The molecule has 0 atom stereocenters. The fourth-order valence-corrected chi connectivity index (χ4v) is 2.70. The van der Waals surface area contributed by atoms with Gasteiger partial charge < -0.3 is 5.32 Å². The number of hydrogen-bond acceptors (Lipinski definition) is 2. The van der Waals surface area contributed by atoms with Gasteiger partial charge in [-0.25, -0.2) is 0 Å². The first-order chi connectivity index (χ1) is 11.0. The van der Waals surface area contributed by atoms with Crippen LogP contribution in [0.15, 0.2) is 48.7 Å². The number of nitrogens with zero attached hydrogens (tertiary/aromatic N) is 1. The molecule has 1 heterocycles. The van der Waals surface area contributed by atoms with Crippen molar-refractivity contribution in [3.8, 4) is 0 Å².